The minimum Gasteiger partial charge on any atom is -0.675 e. The van der Waals surface area contributed by atoms with Crippen LogP contribution in [0.5, 0.6) is 0 Å². The zero-order chi connectivity index (χ0) is 10.9. The zero-order valence-electron chi connectivity index (χ0n) is 10.9. The van der Waals surface area contributed by atoms with Crippen molar-refractivity contribution in [3.63, 3.8) is 0 Å². The number of nitrogens with zero attached hydrogens (tertiary/aromatic N) is 2. The Morgan fingerprint density at radius 1 is 0.714 bits per heavy atom. The second-order valence-electron chi connectivity index (χ2n) is 6.06. The standard InChI is InChI=1S/C10H24N2Si.Ge/c1-9(2,3)11-13(7,8)12-10(4,5)6;/h1-8H3;/q-2;. The maximum Gasteiger partial charge on any atom is 0 e. The molecule has 0 saturated heterocycles. The molecule has 0 heterocycles. The van der Waals surface area contributed by atoms with Gasteiger partial charge in [0.2, 0.25) is 0 Å². The summed E-state index contributed by atoms with van der Waals surface area (Å²) in [4.78, 5) is 9.60. The summed E-state index contributed by atoms with van der Waals surface area (Å²) in [7, 11) is -1.72. The molecule has 0 aromatic carbocycles. The first kappa shape index (κ1) is 17.1. The molecule has 0 N–H and O–H groups in total. The summed E-state index contributed by atoms with van der Waals surface area (Å²) in [5.74, 6) is 0. The third-order valence-electron chi connectivity index (χ3n) is 1.22. The van der Waals surface area contributed by atoms with Gasteiger partial charge in [-0.25, -0.2) is 0 Å². The fourth-order valence-corrected chi connectivity index (χ4v) is 5.00. The molecule has 0 aromatic rings. The van der Waals surface area contributed by atoms with Crippen LogP contribution in [0.4, 0.5) is 0 Å². The largest absolute Gasteiger partial charge is 0.675 e. The molecular weight excluding hydrogens is 249 g/mol. The van der Waals surface area contributed by atoms with Crippen molar-refractivity contribution in [2.24, 2.45) is 0 Å². The molecule has 0 unspecified atom stereocenters. The van der Waals surface area contributed by atoms with Gasteiger partial charge >= 0.3 is 0 Å². The maximum absolute atomic E-state index is 4.80. The molecule has 0 rings (SSSR count). The van der Waals surface area contributed by atoms with Gasteiger partial charge in [0.15, 0.2) is 0 Å². The average Bonchev–Trinajstić information content (AvgIpc) is 1.43. The summed E-state index contributed by atoms with van der Waals surface area (Å²) >= 11 is 0. The molecule has 0 aliphatic carbocycles. The van der Waals surface area contributed by atoms with E-state index >= 15 is 0 Å². The van der Waals surface area contributed by atoms with E-state index in [1.807, 2.05) is 0 Å². The molecule has 14 heavy (non-hydrogen) atoms. The molecular formula is C10H24GeN2Si-2. The van der Waals surface area contributed by atoms with Gasteiger partial charge in [-0.3, -0.25) is 0 Å². The Hall–Kier alpha value is 0.680. The van der Waals surface area contributed by atoms with Crippen LogP contribution in [0.1, 0.15) is 41.5 Å². The first-order chi connectivity index (χ1) is 5.41. The fourth-order valence-electron chi connectivity index (χ4n) is 1.67. The van der Waals surface area contributed by atoms with Crippen molar-refractivity contribution in [1.29, 1.82) is 0 Å². The predicted octanol–water partition coefficient (Wildman–Crippen LogP) is 3.65. The SMILES string of the molecule is CC(C)(C)[N-][Si](C)(C)[N-]C(C)(C)C.[Ge]. The van der Waals surface area contributed by atoms with Crippen LogP contribution in [-0.4, -0.2) is 37.1 Å². The van der Waals surface area contributed by atoms with Gasteiger partial charge in [-0.2, -0.15) is 8.40 Å². The van der Waals surface area contributed by atoms with E-state index in [-0.39, 0.29) is 28.7 Å². The van der Waals surface area contributed by atoms with Crippen LogP contribution in [0.15, 0.2) is 0 Å². The first-order valence-corrected chi connectivity index (χ1v) is 7.79. The molecule has 4 heteroatoms. The molecule has 0 amide bonds. The molecule has 0 atom stereocenters. The summed E-state index contributed by atoms with van der Waals surface area (Å²) in [6, 6.07) is 0. The van der Waals surface area contributed by atoms with Gasteiger partial charge in [0, 0.05) is 17.6 Å². The zero-order valence-corrected chi connectivity index (χ0v) is 14.0. The Kier molecular flexibility index (Phi) is 6.28. The van der Waals surface area contributed by atoms with Gasteiger partial charge in [-0.1, -0.05) is 41.5 Å². The van der Waals surface area contributed by atoms with Crippen LogP contribution in [0, 0.1) is 0 Å². The Bertz CT molecular complexity index is 150. The normalized spacial score (nSPS) is 13.7. The Morgan fingerprint density at radius 3 is 1.07 bits per heavy atom. The Balaban J connectivity index is 0. The summed E-state index contributed by atoms with van der Waals surface area (Å²) in [6.45, 7) is 17.2. The van der Waals surface area contributed by atoms with Gasteiger partial charge in [-0.05, 0) is 0 Å². The van der Waals surface area contributed by atoms with Crippen molar-refractivity contribution in [1.82, 2.24) is 0 Å². The third kappa shape index (κ3) is 10.8. The molecule has 0 fully saturated rings. The van der Waals surface area contributed by atoms with Crippen molar-refractivity contribution in [3.8, 4) is 0 Å². The molecule has 0 aromatic heterocycles. The van der Waals surface area contributed by atoms with E-state index in [0.29, 0.717) is 0 Å². The van der Waals surface area contributed by atoms with Gasteiger partial charge in [-0.15, -0.1) is 24.2 Å². The van der Waals surface area contributed by atoms with Crippen molar-refractivity contribution in [2.45, 2.75) is 65.7 Å². The van der Waals surface area contributed by atoms with Crippen LogP contribution >= 0.6 is 0 Å². The molecule has 0 aliphatic rings. The van der Waals surface area contributed by atoms with E-state index in [4.69, 9.17) is 9.96 Å². The maximum atomic E-state index is 4.80. The minimum absolute atomic E-state index is 0. The summed E-state index contributed by atoms with van der Waals surface area (Å²) in [5, 5.41) is 0. The quantitative estimate of drug-likeness (QED) is 0.687. The van der Waals surface area contributed by atoms with Crippen LogP contribution in [0.3, 0.4) is 0 Å². The van der Waals surface area contributed by atoms with E-state index in [1.165, 1.54) is 0 Å². The number of hydrogen-bond acceptors (Lipinski definition) is 0. The third-order valence-corrected chi connectivity index (χ3v) is 3.65. The van der Waals surface area contributed by atoms with Crippen molar-refractivity contribution >= 4 is 26.0 Å². The molecule has 0 saturated carbocycles. The molecule has 0 bridgehead atoms. The van der Waals surface area contributed by atoms with Gasteiger partial charge in [0.25, 0.3) is 0 Å². The second-order valence-corrected chi connectivity index (χ2v) is 9.50. The monoisotopic (exact) mass is 274 g/mol. The fraction of sp³-hybridized carbons (Fsp3) is 1.00. The summed E-state index contributed by atoms with van der Waals surface area (Å²) in [6.07, 6.45) is 0. The topological polar surface area (TPSA) is 28.2 Å². The summed E-state index contributed by atoms with van der Waals surface area (Å²) in [5.41, 5.74) is 0.0922. The van der Waals surface area contributed by atoms with Crippen molar-refractivity contribution in [2.75, 3.05) is 0 Å². The van der Waals surface area contributed by atoms with E-state index < -0.39 is 8.40 Å². The summed E-state index contributed by atoms with van der Waals surface area (Å²) < 4.78 is 0. The first-order valence-electron chi connectivity index (χ1n) is 4.89. The molecule has 84 valence electrons. The average molecular weight is 273 g/mol. The van der Waals surface area contributed by atoms with Crippen LogP contribution < -0.4 is 0 Å². The van der Waals surface area contributed by atoms with Crippen molar-refractivity contribution in [3.05, 3.63) is 9.96 Å². The van der Waals surface area contributed by atoms with Crippen molar-refractivity contribution < 1.29 is 0 Å². The van der Waals surface area contributed by atoms with E-state index in [9.17, 15) is 0 Å². The second kappa shape index (κ2) is 5.14. The van der Waals surface area contributed by atoms with Crippen LogP contribution in [0.25, 0.3) is 9.96 Å². The Morgan fingerprint density at radius 2 is 0.929 bits per heavy atom. The number of hydrogen-bond donors (Lipinski definition) is 0. The van der Waals surface area contributed by atoms with Gasteiger partial charge < -0.3 is 9.96 Å². The number of rotatable bonds is 2. The molecule has 2 nitrogen and oxygen atoms in total. The van der Waals surface area contributed by atoms with Crippen LogP contribution in [-0.2, 0) is 0 Å². The van der Waals surface area contributed by atoms with E-state index in [2.05, 4.69) is 54.6 Å². The van der Waals surface area contributed by atoms with E-state index in [1.54, 1.807) is 0 Å². The van der Waals surface area contributed by atoms with Gasteiger partial charge in [0.1, 0.15) is 0 Å². The van der Waals surface area contributed by atoms with E-state index in [0.717, 1.165) is 0 Å². The minimum atomic E-state index is -1.72. The van der Waals surface area contributed by atoms with Crippen LogP contribution in [0.2, 0.25) is 13.1 Å². The molecule has 0 spiro atoms. The Labute approximate surface area is 102 Å². The smallest absolute Gasteiger partial charge is 0 e. The molecule has 4 radical (unpaired) electrons. The predicted molar refractivity (Wildman–Crippen MR) is 69.5 cm³/mol. The molecule has 0 aliphatic heterocycles. The van der Waals surface area contributed by atoms with Gasteiger partial charge in [0.05, 0.1) is 0 Å².